The van der Waals surface area contributed by atoms with Crippen molar-refractivity contribution in [3.63, 3.8) is 0 Å². The van der Waals surface area contributed by atoms with E-state index in [2.05, 4.69) is 61.1 Å². The summed E-state index contributed by atoms with van der Waals surface area (Å²) in [5.74, 6) is 0. The van der Waals surface area contributed by atoms with Crippen LogP contribution >= 0.6 is 0 Å². The third-order valence-electron chi connectivity index (χ3n) is 6.09. The van der Waals surface area contributed by atoms with E-state index in [9.17, 15) is 0 Å². The van der Waals surface area contributed by atoms with Crippen molar-refractivity contribution in [2.24, 2.45) is 0 Å². The standard InChI is InChI=1S/C27H60N4/c1-7-16-28(17-8-2)22-13-25-31(26-14-23-29(18-9-3)19-10-4)27-15-24-30(20-11-5)21-12-6/h7-27H2,1-6H3. The van der Waals surface area contributed by atoms with E-state index < -0.39 is 0 Å². The van der Waals surface area contributed by atoms with E-state index in [1.165, 1.54) is 136 Å². The van der Waals surface area contributed by atoms with Crippen molar-refractivity contribution in [2.45, 2.75) is 99.3 Å². The minimum absolute atomic E-state index is 1.26. The SMILES string of the molecule is CCCN(CCC)CCCN(CCCN(CCC)CCC)CCCN(CCC)CCC. The lowest BCUT2D eigenvalue weighted by atomic mass is 10.2. The summed E-state index contributed by atoms with van der Waals surface area (Å²) < 4.78 is 0. The van der Waals surface area contributed by atoms with Gasteiger partial charge in [0.25, 0.3) is 0 Å². The molecule has 0 bridgehead atoms. The Labute approximate surface area is 197 Å². The van der Waals surface area contributed by atoms with Gasteiger partial charge in [-0.15, -0.1) is 0 Å². The molecule has 0 saturated heterocycles. The van der Waals surface area contributed by atoms with Gasteiger partial charge in [-0.1, -0.05) is 41.5 Å². The lowest BCUT2D eigenvalue weighted by molar-refractivity contribution is 0.194. The van der Waals surface area contributed by atoms with Crippen LogP contribution in [0.15, 0.2) is 0 Å². The molecule has 0 rings (SSSR count). The number of nitrogens with zero attached hydrogens (tertiary/aromatic N) is 4. The Morgan fingerprint density at radius 1 is 0.258 bits per heavy atom. The van der Waals surface area contributed by atoms with Crippen molar-refractivity contribution in [2.75, 3.05) is 78.5 Å². The summed E-state index contributed by atoms with van der Waals surface area (Å²) in [6, 6.07) is 0. The van der Waals surface area contributed by atoms with Crippen LogP contribution in [0, 0.1) is 0 Å². The van der Waals surface area contributed by atoms with E-state index in [4.69, 9.17) is 0 Å². The van der Waals surface area contributed by atoms with Gasteiger partial charge in [-0.05, 0) is 136 Å². The van der Waals surface area contributed by atoms with Gasteiger partial charge in [-0.25, -0.2) is 0 Å². The molecule has 0 aliphatic rings. The fourth-order valence-electron chi connectivity index (χ4n) is 4.79. The third kappa shape index (κ3) is 18.0. The topological polar surface area (TPSA) is 13.0 Å². The second-order valence-corrected chi connectivity index (χ2v) is 9.43. The van der Waals surface area contributed by atoms with Crippen molar-refractivity contribution >= 4 is 0 Å². The Morgan fingerprint density at radius 3 is 0.581 bits per heavy atom. The van der Waals surface area contributed by atoms with Gasteiger partial charge in [-0.3, -0.25) is 0 Å². The fourth-order valence-corrected chi connectivity index (χ4v) is 4.79. The normalized spacial score (nSPS) is 12.2. The average Bonchev–Trinajstić information content (AvgIpc) is 2.74. The zero-order valence-corrected chi connectivity index (χ0v) is 22.6. The molecule has 0 aromatic heterocycles. The molecule has 0 atom stereocenters. The maximum absolute atomic E-state index is 2.78. The third-order valence-corrected chi connectivity index (χ3v) is 6.09. The van der Waals surface area contributed by atoms with Gasteiger partial charge in [0.1, 0.15) is 0 Å². The second kappa shape index (κ2) is 23.0. The predicted molar refractivity (Wildman–Crippen MR) is 141 cm³/mol. The minimum Gasteiger partial charge on any atom is -0.303 e. The molecular weight excluding hydrogens is 380 g/mol. The van der Waals surface area contributed by atoms with Crippen LogP contribution in [0.1, 0.15) is 99.3 Å². The highest BCUT2D eigenvalue weighted by Crippen LogP contribution is 2.04. The first kappa shape index (κ1) is 30.8. The molecule has 0 saturated carbocycles. The zero-order chi connectivity index (χ0) is 23.2. The quantitative estimate of drug-likeness (QED) is 0.187. The van der Waals surface area contributed by atoms with Crippen LogP contribution < -0.4 is 0 Å². The summed E-state index contributed by atoms with van der Waals surface area (Å²) >= 11 is 0. The van der Waals surface area contributed by atoms with Crippen LogP contribution in [0.3, 0.4) is 0 Å². The maximum Gasteiger partial charge on any atom is -0.000653 e. The summed E-state index contributed by atoms with van der Waals surface area (Å²) in [5, 5.41) is 0. The Bertz CT molecular complexity index is 280. The van der Waals surface area contributed by atoms with Gasteiger partial charge in [0, 0.05) is 0 Å². The highest BCUT2D eigenvalue weighted by molar-refractivity contribution is 4.66. The molecule has 0 aromatic carbocycles. The van der Waals surface area contributed by atoms with Crippen LogP contribution in [-0.4, -0.2) is 98.1 Å². The Balaban J connectivity index is 4.56. The van der Waals surface area contributed by atoms with Crippen molar-refractivity contribution in [3.05, 3.63) is 0 Å². The molecule has 0 aliphatic carbocycles. The summed E-state index contributed by atoms with van der Waals surface area (Å²) in [7, 11) is 0. The molecule has 0 unspecified atom stereocenters. The number of rotatable bonds is 24. The van der Waals surface area contributed by atoms with Crippen LogP contribution in [0.5, 0.6) is 0 Å². The van der Waals surface area contributed by atoms with Gasteiger partial charge in [0.05, 0.1) is 0 Å². The zero-order valence-electron chi connectivity index (χ0n) is 22.6. The van der Waals surface area contributed by atoms with E-state index >= 15 is 0 Å². The smallest absolute Gasteiger partial charge is 0.000653 e. The fraction of sp³-hybridized carbons (Fsp3) is 1.00. The first-order valence-corrected chi connectivity index (χ1v) is 14.0. The lowest BCUT2D eigenvalue weighted by Crippen LogP contribution is -2.36. The summed E-state index contributed by atoms with van der Waals surface area (Å²) in [4.78, 5) is 10.8. The molecule has 0 radical (unpaired) electrons. The molecule has 0 N–H and O–H groups in total. The van der Waals surface area contributed by atoms with Crippen molar-refractivity contribution in [3.8, 4) is 0 Å². The molecule has 0 spiro atoms. The van der Waals surface area contributed by atoms with Gasteiger partial charge in [-0.2, -0.15) is 0 Å². The van der Waals surface area contributed by atoms with Crippen molar-refractivity contribution in [1.29, 1.82) is 0 Å². The maximum atomic E-state index is 2.78. The summed E-state index contributed by atoms with van der Waals surface area (Å²) in [5.41, 5.74) is 0. The van der Waals surface area contributed by atoms with Gasteiger partial charge in [0.2, 0.25) is 0 Å². The van der Waals surface area contributed by atoms with Gasteiger partial charge < -0.3 is 19.6 Å². The summed E-state index contributed by atoms with van der Waals surface area (Å²) in [6.07, 6.45) is 11.6. The first-order chi connectivity index (χ1) is 15.1. The van der Waals surface area contributed by atoms with Crippen molar-refractivity contribution < 1.29 is 0 Å². The molecule has 0 fully saturated rings. The Morgan fingerprint density at radius 2 is 0.419 bits per heavy atom. The van der Waals surface area contributed by atoms with Gasteiger partial charge >= 0.3 is 0 Å². The van der Waals surface area contributed by atoms with E-state index in [-0.39, 0.29) is 0 Å². The molecule has 0 amide bonds. The molecule has 0 aromatic rings. The average molecular weight is 441 g/mol. The molecular formula is C27H60N4. The molecule has 4 heteroatoms. The summed E-state index contributed by atoms with van der Waals surface area (Å²) in [6.45, 7) is 29.1. The molecule has 31 heavy (non-hydrogen) atoms. The van der Waals surface area contributed by atoms with Crippen LogP contribution in [-0.2, 0) is 0 Å². The van der Waals surface area contributed by atoms with Crippen molar-refractivity contribution in [1.82, 2.24) is 19.6 Å². The molecule has 0 heterocycles. The molecule has 0 aliphatic heterocycles. The van der Waals surface area contributed by atoms with Gasteiger partial charge in [0.15, 0.2) is 0 Å². The number of hydrogen-bond donors (Lipinski definition) is 0. The minimum atomic E-state index is 1.26. The van der Waals surface area contributed by atoms with E-state index in [1.807, 2.05) is 0 Å². The predicted octanol–water partition coefficient (Wildman–Crippen LogP) is 5.82. The van der Waals surface area contributed by atoms with Crippen LogP contribution in [0.4, 0.5) is 0 Å². The Hall–Kier alpha value is -0.160. The second-order valence-electron chi connectivity index (χ2n) is 9.43. The molecule has 188 valence electrons. The van der Waals surface area contributed by atoms with Crippen LogP contribution in [0.25, 0.3) is 0 Å². The first-order valence-electron chi connectivity index (χ1n) is 14.0. The molecule has 4 nitrogen and oxygen atoms in total. The van der Waals surface area contributed by atoms with E-state index in [1.54, 1.807) is 0 Å². The highest BCUT2D eigenvalue weighted by Gasteiger charge is 2.10. The largest absolute Gasteiger partial charge is 0.303 e. The Kier molecular flexibility index (Phi) is 22.9. The highest BCUT2D eigenvalue weighted by atomic mass is 15.2. The lowest BCUT2D eigenvalue weighted by Gasteiger charge is -2.28. The van der Waals surface area contributed by atoms with E-state index in [0.29, 0.717) is 0 Å². The van der Waals surface area contributed by atoms with E-state index in [0.717, 1.165) is 0 Å². The monoisotopic (exact) mass is 440 g/mol. The van der Waals surface area contributed by atoms with Crippen LogP contribution in [0.2, 0.25) is 0 Å². The number of hydrogen-bond acceptors (Lipinski definition) is 4.